The zero-order valence-corrected chi connectivity index (χ0v) is 11.0. The number of unbranched alkanes of at least 4 members (excludes halogenated alkanes) is 4. The van der Waals surface area contributed by atoms with Crippen molar-refractivity contribution >= 4 is 5.82 Å². The Morgan fingerprint density at radius 1 is 1.29 bits per heavy atom. The van der Waals surface area contributed by atoms with Gasteiger partial charge in [0.15, 0.2) is 0 Å². The van der Waals surface area contributed by atoms with Crippen molar-refractivity contribution in [2.24, 2.45) is 0 Å². The van der Waals surface area contributed by atoms with Crippen LogP contribution < -0.4 is 5.73 Å². The van der Waals surface area contributed by atoms with Crippen molar-refractivity contribution < 1.29 is 0 Å². The molecule has 94 valence electrons. The molecule has 2 N–H and O–H groups in total. The number of nitrogens with two attached hydrogens (primary N) is 1. The largest absolute Gasteiger partial charge is 0.384 e. The van der Waals surface area contributed by atoms with E-state index in [1.165, 1.54) is 25.7 Å². The number of terminal acetylenes is 1. The fourth-order valence-electron chi connectivity index (χ4n) is 2.01. The molecule has 0 aromatic carbocycles. The third kappa shape index (κ3) is 3.81. The van der Waals surface area contributed by atoms with Gasteiger partial charge in [-0.1, -0.05) is 38.5 Å². The number of imidazole rings is 1. The van der Waals surface area contributed by atoms with Crippen LogP contribution in [0.25, 0.3) is 0 Å². The highest BCUT2D eigenvalue weighted by molar-refractivity contribution is 5.38. The minimum atomic E-state index is 0.514. The molecule has 0 bridgehead atoms. The lowest BCUT2D eigenvalue weighted by Crippen LogP contribution is -2.04. The standard InChI is InChI=1S/C14H23N3/c1-4-6-7-8-9-10-13-14(15)17(11-5-2)12(3)16-13/h2H,4,6-11,15H2,1,3H3. The molecular weight excluding hydrogens is 210 g/mol. The lowest BCUT2D eigenvalue weighted by atomic mass is 10.1. The van der Waals surface area contributed by atoms with Crippen molar-refractivity contribution in [3.05, 3.63) is 11.5 Å². The van der Waals surface area contributed by atoms with Gasteiger partial charge in [-0.2, -0.15) is 0 Å². The maximum Gasteiger partial charge on any atom is 0.127 e. The molecule has 3 nitrogen and oxygen atoms in total. The average Bonchev–Trinajstić information content (AvgIpc) is 2.57. The summed E-state index contributed by atoms with van der Waals surface area (Å²) >= 11 is 0. The second-order valence-corrected chi connectivity index (χ2v) is 4.45. The molecule has 1 aromatic heterocycles. The van der Waals surface area contributed by atoms with Crippen molar-refractivity contribution in [3.8, 4) is 12.3 Å². The van der Waals surface area contributed by atoms with Gasteiger partial charge in [0.25, 0.3) is 0 Å². The highest BCUT2D eigenvalue weighted by Gasteiger charge is 2.10. The molecule has 0 saturated carbocycles. The molecule has 0 aliphatic heterocycles. The van der Waals surface area contributed by atoms with E-state index in [2.05, 4.69) is 17.8 Å². The number of hydrogen-bond acceptors (Lipinski definition) is 2. The monoisotopic (exact) mass is 233 g/mol. The zero-order valence-electron chi connectivity index (χ0n) is 11.0. The van der Waals surface area contributed by atoms with Gasteiger partial charge in [-0.3, -0.25) is 0 Å². The van der Waals surface area contributed by atoms with Crippen LogP contribution in [0.3, 0.4) is 0 Å². The van der Waals surface area contributed by atoms with Gasteiger partial charge in [0.2, 0.25) is 0 Å². The summed E-state index contributed by atoms with van der Waals surface area (Å²) in [6, 6.07) is 0. The molecule has 1 aromatic rings. The summed E-state index contributed by atoms with van der Waals surface area (Å²) in [5.41, 5.74) is 7.04. The lowest BCUT2D eigenvalue weighted by Gasteiger charge is -2.03. The van der Waals surface area contributed by atoms with Gasteiger partial charge in [-0.25, -0.2) is 4.98 Å². The van der Waals surface area contributed by atoms with Crippen LogP contribution in [-0.4, -0.2) is 9.55 Å². The zero-order chi connectivity index (χ0) is 12.7. The molecule has 0 radical (unpaired) electrons. The molecule has 1 rings (SSSR count). The summed E-state index contributed by atoms with van der Waals surface area (Å²) in [6.45, 7) is 4.69. The molecule has 1 heterocycles. The van der Waals surface area contributed by atoms with Crippen molar-refractivity contribution in [2.45, 2.75) is 58.9 Å². The van der Waals surface area contributed by atoms with Crippen LogP contribution >= 0.6 is 0 Å². The van der Waals surface area contributed by atoms with Gasteiger partial charge in [0.1, 0.15) is 11.6 Å². The number of anilines is 1. The van der Waals surface area contributed by atoms with E-state index in [-0.39, 0.29) is 0 Å². The van der Waals surface area contributed by atoms with Crippen LogP contribution in [0.15, 0.2) is 0 Å². The Morgan fingerprint density at radius 3 is 2.65 bits per heavy atom. The van der Waals surface area contributed by atoms with E-state index in [1.54, 1.807) is 0 Å². The van der Waals surface area contributed by atoms with Gasteiger partial charge >= 0.3 is 0 Å². The highest BCUT2D eigenvalue weighted by atomic mass is 15.1. The normalized spacial score (nSPS) is 10.4. The predicted octanol–water partition coefficient (Wildman–Crippen LogP) is 2.92. The Bertz CT molecular complexity index is 385. The summed E-state index contributed by atoms with van der Waals surface area (Å²) in [6.07, 6.45) is 12.6. The van der Waals surface area contributed by atoms with Gasteiger partial charge < -0.3 is 10.3 Å². The number of nitrogens with zero attached hydrogens (tertiary/aromatic N) is 2. The Hall–Kier alpha value is -1.43. The molecule has 0 saturated heterocycles. The number of nitrogen functional groups attached to an aromatic ring is 1. The molecule has 0 atom stereocenters. The smallest absolute Gasteiger partial charge is 0.127 e. The van der Waals surface area contributed by atoms with Gasteiger partial charge in [-0.15, -0.1) is 6.42 Å². The first-order valence-electron chi connectivity index (χ1n) is 6.45. The molecule has 0 fully saturated rings. The third-order valence-electron chi connectivity index (χ3n) is 3.04. The van der Waals surface area contributed by atoms with Crippen molar-refractivity contribution in [1.29, 1.82) is 0 Å². The SMILES string of the molecule is C#CCn1c(C)nc(CCCCCCC)c1N. The number of hydrogen-bond donors (Lipinski definition) is 1. The predicted molar refractivity (Wildman–Crippen MR) is 72.7 cm³/mol. The summed E-state index contributed by atoms with van der Waals surface area (Å²) in [4.78, 5) is 4.49. The molecule has 0 aliphatic rings. The first-order chi connectivity index (χ1) is 8.20. The van der Waals surface area contributed by atoms with E-state index < -0.39 is 0 Å². The highest BCUT2D eigenvalue weighted by Crippen LogP contribution is 2.17. The fraction of sp³-hybridized carbons (Fsp3) is 0.643. The molecule has 0 aliphatic carbocycles. The molecular formula is C14H23N3. The van der Waals surface area contributed by atoms with E-state index in [0.717, 1.165) is 30.2 Å². The maximum absolute atomic E-state index is 6.04. The van der Waals surface area contributed by atoms with E-state index >= 15 is 0 Å². The molecule has 17 heavy (non-hydrogen) atoms. The van der Waals surface area contributed by atoms with Crippen molar-refractivity contribution in [1.82, 2.24) is 9.55 Å². The third-order valence-corrected chi connectivity index (χ3v) is 3.04. The van der Waals surface area contributed by atoms with Gasteiger partial charge in [0.05, 0.1) is 12.2 Å². The van der Waals surface area contributed by atoms with Crippen LogP contribution in [0.1, 0.15) is 50.5 Å². The van der Waals surface area contributed by atoms with Crippen molar-refractivity contribution in [2.75, 3.05) is 5.73 Å². The van der Waals surface area contributed by atoms with Crippen LogP contribution in [0.5, 0.6) is 0 Å². The Labute approximate surface area is 104 Å². The Morgan fingerprint density at radius 2 is 2.00 bits per heavy atom. The van der Waals surface area contributed by atoms with E-state index in [4.69, 9.17) is 12.2 Å². The van der Waals surface area contributed by atoms with Gasteiger partial charge in [-0.05, 0) is 19.8 Å². The van der Waals surface area contributed by atoms with Crippen LogP contribution in [0.4, 0.5) is 5.82 Å². The second-order valence-electron chi connectivity index (χ2n) is 4.45. The van der Waals surface area contributed by atoms with Gasteiger partial charge in [0, 0.05) is 0 Å². The lowest BCUT2D eigenvalue weighted by molar-refractivity contribution is 0.629. The first-order valence-corrected chi connectivity index (χ1v) is 6.45. The van der Waals surface area contributed by atoms with Crippen molar-refractivity contribution in [3.63, 3.8) is 0 Å². The summed E-state index contributed by atoms with van der Waals surface area (Å²) in [5.74, 6) is 4.27. The fourth-order valence-corrected chi connectivity index (χ4v) is 2.01. The van der Waals surface area contributed by atoms with E-state index in [9.17, 15) is 0 Å². The van der Waals surface area contributed by atoms with Crippen LogP contribution in [-0.2, 0) is 13.0 Å². The van der Waals surface area contributed by atoms with Crippen LogP contribution in [0, 0.1) is 19.3 Å². The topological polar surface area (TPSA) is 43.8 Å². The summed E-state index contributed by atoms with van der Waals surface area (Å²) in [5, 5.41) is 0. The number of aromatic nitrogens is 2. The summed E-state index contributed by atoms with van der Waals surface area (Å²) < 4.78 is 1.90. The maximum atomic E-state index is 6.04. The minimum Gasteiger partial charge on any atom is -0.384 e. The average molecular weight is 233 g/mol. The Balaban J connectivity index is 2.49. The Kier molecular flexibility index (Phi) is 5.62. The number of aryl methyl sites for hydroxylation is 2. The molecule has 0 amide bonds. The number of rotatable bonds is 7. The molecule has 0 unspecified atom stereocenters. The summed E-state index contributed by atoms with van der Waals surface area (Å²) in [7, 11) is 0. The molecule has 0 spiro atoms. The van der Waals surface area contributed by atoms with E-state index in [0.29, 0.717) is 6.54 Å². The van der Waals surface area contributed by atoms with E-state index in [1.807, 2.05) is 11.5 Å². The quantitative estimate of drug-likeness (QED) is 0.581. The van der Waals surface area contributed by atoms with Crippen LogP contribution in [0.2, 0.25) is 0 Å². The minimum absolute atomic E-state index is 0.514. The first kappa shape index (κ1) is 13.6. The molecule has 3 heteroatoms. The second kappa shape index (κ2) is 7.01.